The normalized spacial score (nSPS) is 15.8. The molecule has 0 bridgehead atoms. The van der Waals surface area contributed by atoms with Gasteiger partial charge in [0.05, 0.1) is 11.0 Å². The van der Waals surface area contributed by atoms with E-state index in [9.17, 15) is 9.90 Å². The van der Waals surface area contributed by atoms with Gasteiger partial charge >= 0.3 is 5.97 Å². The highest BCUT2D eigenvalue weighted by atomic mass is 16.6. The van der Waals surface area contributed by atoms with Gasteiger partial charge in [-0.05, 0) is 6.92 Å². The molecule has 0 fully saturated rings. The molecule has 2 aromatic rings. The van der Waals surface area contributed by atoms with Crippen LogP contribution in [0.4, 0.5) is 0 Å². The summed E-state index contributed by atoms with van der Waals surface area (Å²) in [5, 5.41) is 9.44. The molecule has 1 unspecified atom stereocenters. The van der Waals surface area contributed by atoms with Gasteiger partial charge in [-0.15, -0.1) is 0 Å². The molecule has 2 heterocycles. The average Bonchev–Trinajstić information content (AvgIpc) is 2.82. The number of hydrogen-bond donors (Lipinski definition) is 1. The predicted molar refractivity (Wildman–Crippen MR) is 81.8 cm³/mol. The van der Waals surface area contributed by atoms with Gasteiger partial charge < -0.3 is 19.1 Å². The Morgan fingerprint density at radius 2 is 1.86 bits per heavy atom. The molecule has 0 amide bonds. The maximum absolute atomic E-state index is 11.5. The summed E-state index contributed by atoms with van der Waals surface area (Å²) >= 11 is 0. The lowest BCUT2D eigenvalue weighted by atomic mass is 9.95. The molecular formula is C16H20N2O4. The molecule has 22 heavy (non-hydrogen) atoms. The molecule has 0 saturated carbocycles. The quantitative estimate of drug-likeness (QED) is 0.923. The molecule has 1 aromatic heterocycles. The fourth-order valence-electron chi connectivity index (χ4n) is 2.66. The third-order valence-corrected chi connectivity index (χ3v) is 3.77. The Labute approximate surface area is 128 Å². The maximum atomic E-state index is 11.5. The van der Waals surface area contributed by atoms with Gasteiger partial charge in [0.2, 0.25) is 0 Å². The van der Waals surface area contributed by atoms with Gasteiger partial charge in [-0.3, -0.25) is 0 Å². The Morgan fingerprint density at radius 3 is 2.41 bits per heavy atom. The van der Waals surface area contributed by atoms with Crippen molar-refractivity contribution in [3.63, 3.8) is 0 Å². The second-order valence-electron chi connectivity index (χ2n) is 6.55. The predicted octanol–water partition coefficient (Wildman–Crippen LogP) is 2.75. The first kappa shape index (κ1) is 14.7. The van der Waals surface area contributed by atoms with Crippen LogP contribution < -0.4 is 9.47 Å². The van der Waals surface area contributed by atoms with E-state index in [1.807, 2.05) is 32.9 Å². The second-order valence-corrected chi connectivity index (χ2v) is 6.55. The van der Waals surface area contributed by atoms with Crippen LogP contribution in [0.5, 0.6) is 11.5 Å². The molecule has 118 valence electrons. The van der Waals surface area contributed by atoms with E-state index in [0.29, 0.717) is 24.7 Å². The van der Waals surface area contributed by atoms with E-state index in [2.05, 4.69) is 4.98 Å². The van der Waals surface area contributed by atoms with E-state index in [1.165, 1.54) is 0 Å². The molecule has 3 rings (SSSR count). The smallest absolute Gasteiger partial charge is 0.326 e. The molecular weight excluding hydrogens is 284 g/mol. The number of benzene rings is 1. The van der Waals surface area contributed by atoms with E-state index in [-0.39, 0.29) is 5.41 Å². The number of aromatic nitrogens is 2. The van der Waals surface area contributed by atoms with Gasteiger partial charge in [-0.1, -0.05) is 20.8 Å². The summed E-state index contributed by atoms with van der Waals surface area (Å²) in [5.74, 6) is 1.14. The summed E-state index contributed by atoms with van der Waals surface area (Å²) in [7, 11) is 0. The van der Waals surface area contributed by atoms with Crippen LogP contribution in [0, 0.1) is 0 Å². The van der Waals surface area contributed by atoms with Gasteiger partial charge in [0.25, 0.3) is 0 Å². The first-order valence-electron chi connectivity index (χ1n) is 7.34. The van der Waals surface area contributed by atoms with E-state index in [1.54, 1.807) is 11.5 Å². The summed E-state index contributed by atoms with van der Waals surface area (Å²) in [6.07, 6.45) is 0. The van der Waals surface area contributed by atoms with Crippen molar-refractivity contribution in [3.05, 3.63) is 18.0 Å². The van der Waals surface area contributed by atoms with Crippen molar-refractivity contribution in [2.45, 2.75) is 39.2 Å². The zero-order chi connectivity index (χ0) is 16.1. The average molecular weight is 304 g/mol. The Bertz CT molecular complexity index is 743. The number of nitrogens with zero attached hydrogens (tertiary/aromatic N) is 2. The summed E-state index contributed by atoms with van der Waals surface area (Å²) < 4.78 is 13.0. The van der Waals surface area contributed by atoms with Crippen LogP contribution in [-0.2, 0) is 10.2 Å². The number of rotatable bonds is 2. The lowest BCUT2D eigenvalue weighted by molar-refractivity contribution is -0.140. The van der Waals surface area contributed by atoms with E-state index in [4.69, 9.17) is 9.47 Å². The largest absolute Gasteiger partial charge is 0.486 e. The van der Waals surface area contributed by atoms with Crippen LogP contribution in [0.25, 0.3) is 11.0 Å². The van der Waals surface area contributed by atoms with Gasteiger partial charge in [-0.2, -0.15) is 0 Å². The number of ether oxygens (including phenoxy) is 2. The number of carbonyl (C=O) groups is 1. The van der Waals surface area contributed by atoms with Crippen LogP contribution in [0.15, 0.2) is 12.1 Å². The molecule has 6 heteroatoms. The van der Waals surface area contributed by atoms with Crippen LogP contribution in [0.3, 0.4) is 0 Å². The van der Waals surface area contributed by atoms with Gasteiger partial charge in [0.15, 0.2) is 11.5 Å². The highest BCUT2D eigenvalue weighted by Gasteiger charge is 2.29. The monoisotopic (exact) mass is 304 g/mol. The fraction of sp³-hybridized carbons (Fsp3) is 0.500. The van der Waals surface area contributed by atoms with Crippen LogP contribution in [0.2, 0.25) is 0 Å². The van der Waals surface area contributed by atoms with E-state index >= 15 is 0 Å². The zero-order valence-corrected chi connectivity index (χ0v) is 13.2. The van der Waals surface area contributed by atoms with Gasteiger partial charge in [-0.25, -0.2) is 9.78 Å². The van der Waals surface area contributed by atoms with E-state index in [0.717, 1.165) is 16.9 Å². The molecule has 0 saturated heterocycles. The van der Waals surface area contributed by atoms with Gasteiger partial charge in [0.1, 0.15) is 25.1 Å². The molecule has 0 aliphatic carbocycles. The summed E-state index contributed by atoms with van der Waals surface area (Å²) in [5.41, 5.74) is 1.21. The molecule has 1 N–H and O–H groups in total. The topological polar surface area (TPSA) is 73.6 Å². The highest BCUT2D eigenvalue weighted by molar-refractivity contribution is 5.83. The van der Waals surface area contributed by atoms with Crippen molar-refractivity contribution < 1.29 is 19.4 Å². The molecule has 1 aliphatic heterocycles. The number of carboxylic acid groups (broad SMARTS) is 1. The summed E-state index contributed by atoms with van der Waals surface area (Å²) in [4.78, 5) is 16.2. The standard InChI is InChI=1S/C16H20N2O4/c1-9(14(19)20)18-11-8-13-12(21-5-6-22-13)7-10(11)17-15(18)16(2,3)4/h7-9H,5-6H2,1-4H3,(H,19,20). The molecule has 1 aromatic carbocycles. The molecule has 0 spiro atoms. The first-order chi connectivity index (χ1) is 10.3. The second kappa shape index (κ2) is 4.90. The number of aliphatic carboxylic acids is 1. The van der Waals surface area contributed by atoms with Crippen molar-refractivity contribution in [1.82, 2.24) is 9.55 Å². The Hall–Kier alpha value is -2.24. The first-order valence-corrected chi connectivity index (χ1v) is 7.34. The minimum absolute atomic E-state index is 0.273. The summed E-state index contributed by atoms with van der Waals surface area (Å²) in [6, 6.07) is 2.94. The zero-order valence-electron chi connectivity index (χ0n) is 13.2. The van der Waals surface area contributed by atoms with Crippen LogP contribution >= 0.6 is 0 Å². The summed E-state index contributed by atoms with van der Waals surface area (Å²) in [6.45, 7) is 8.73. The van der Waals surface area contributed by atoms with Crippen molar-refractivity contribution in [2.75, 3.05) is 13.2 Å². The fourth-order valence-corrected chi connectivity index (χ4v) is 2.66. The lowest BCUT2D eigenvalue weighted by Gasteiger charge is -2.23. The van der Waals surface area contributed by atoms with Crippen LogP contribution in [-0.4, -0.2) is 33.8 Å². The minimum Gasteiger partial charge on any atom is -0.486 e. The molecule has 6 nitrogen and oxygen atoms in total. The SMILES string of the molecule is CC(C(=O)O)n1c(C(C)(C)C)nc2cc3c(cc21)OCCO3. The number of carboxylic acids is 1. The van der Waals surface area contributed by atoms with Gasteiger partial charge in [0, 0.05) is 17.5 Å². The van der Waals surface area contributed by atoms with Crippen molar-refractivity contribution in [3.8, 4) is 11.5 Å². The lowest BCUT2D eigenvalue weighted by Crippen LogP contribution is -2.24. The minimum atomic E-state index is -0.889. The third kappa shape index (κ3) is 2.28. The van der Waals surface area contributed by atoms with Crippen molar-refractivity contribution in [2.24, 2.45) is 0 Å². The number of fused-ring (bicyclic) bond motifs is 2. The molecule has 1 aliphatic rings. The highest BCUT2D eigenvalue weighted by Crippen LogP contribution is 2.37. The number of hydrogen-bond acceptors (Lipinski definition) is 4. The van der Waals surface area contributed by atoms with E-state index < -0.39 is 12.0 Å². The van der Waals surface area contributed by atoms with Crippen molar-refractivity contribution in [1.29, 1.82) is 0 Å². The van der Waals surface area contributed by atoms with Crippen LogP contribution in [0.1, 0.15) is 39.6 Å². The molecule has 1 atom stereocenters. The maximum Gasteiger partial charge on any atom is 0.326 e. The Kier molecular flexibility index (Phi) is 3.27. The molecule has 0 radical (unpaired) electrons. The Balaban J connectivity index is 2.30. The third-order valence-electron chi connectivity index (χ3n) is 3.77. The Morgan fingerprint density at radius 1 is 1.27 bits per heavy atom. The van der Waals surface area contributed by atoms with Crippen molar-refractivity contribution >= 4 is 17.0 Å². The number of imidazole rings is 1.